The van der Waals surface area contributed by atoms with Crippen LogP contribution in [0.15, 0.2) is 0 Å². The Kier molecular flexibility index (Phi) is 5.25. The molecule has 5 nitrogen and oxygen atoms in total. The first-order chi connectivity index (χ1) is 10.0. The van der Waals surface area contributed by atoms with Crippen LogP contribution >= 0.6 is 0 Å². The van der Waals surface area contributed by atoms with Crippen molar-refractivity contribution in [1.82, 2.24) is 10.6 Å². The Morgan fingerprint density at radius 1 is 1.33 bits per heavy atom. The summed E-state index contributed by atoms with van der Waals surface area (Å²) in [4.78, 5) is 24.7. The number of esters is 1. The van der Waals surface area contributed by atoms with E-state index in [2.05, 4.69) is 17.6 Å². The summed E-state index contributed by atoms with van der Waals surface area (Å²) in [6, 6.07) is 0. The van der Waals surface area contributed by atoms with Crippen molar-refractivity contribution in [3.63, 3.8) is 0 Å². The Bertz CT molecular complexity index is 385. The van der Waals surface area contributed by atoms with Crippen LogP contribution in [-0.4, -0.2) is 37.6 Å². The summed E-state index contributed by atoms with van der Waals surface area (Å²) in [6.07, 6.45) is 4.48. The highest BCUT2D eigenvalue weighted by atomic mass is 16.5. The topological polar surface area (TPSA) is 67.4 Å². The molecule has 0 spiro atoms. The summed E-state index contributed by atoms with van der Waals surface area (Å²) >= 11 is 0. The van der Waals surface area contributed by atoms with Gasteiger partial charge in [-0.2, -0.15) is 0 Å². The largest absolute Gasteiger partial charge is 0.467 e. The zero-order chi connectivity index (χ0) is 15.5. The summed E-state index contributed by atoms with van der Waals surface area (Å²) in [5, 5.41) is 6.22. The minimum atomic E-state index is -0.803. The number of carbonyl (C=O) groups excluding carboxylic acids is 2. The molecule has 0 radical (unpaired) electrons. The molecule has 1 unspecified atom stereocenters. The maximum atomic E-state index is 12.5. The predicted molar refractivity (Wildman–Crippen MR) is 80.7 cm³/mol. The molecule has 1 amide bonds. The normalized spacial score (nSPS) is 31.1. The van der Waals surface area contributed by atoms with Crippen LogP contribution in [0.5, 0.6) is 0 Å². The van der Waals surface area contributed by atoms with Crippen molar-refractivity contribution in [1.29, 1.82) is 0 Å². The molecular weight excluding hydrogens is 268 g/mol. The third-order valence-electron chi connectivity index (χ3n) is 5.41. The predicted octanol–water partition coefficient (Wildman–Crippen LogP) is 1.47. The summed E-state index contributed by atoms with van der Waals surface area (Å²) in [5.41, 5.74) is -0.803. The highest BCUT2D eigenvalue weighted by Crippen LogP contribution is 2.35. The SMILES string of the molecule is CCC1CCC(NC(=O)C(C)C2CNC2)(C(=O)OC)CC1. The van der Waals surface area contributed by atoms with Gasteiger partial charge in [0.15, 0.2) is 0 Å². The van der Waals surface area contributed by atoms with Gasteiger partial charge in [-0.05, 0) is 50.6 Å². The van der Waals surface area contributed by atoms with Gasteiger partial charge in [0.1, 0.15) is 5.54 Å². The average molecular weight is 296 g/mol. The number of ether oxygens (including phenoxy) is 1. The quantitative estimate of drug-likeness (QED) is 0.754. The van der Waals surface area contributed by atoms with E-state index in [4.69, 9.17) is 4.74 Å². The van der Waals surface area contributed by atoms with E-state index < -0.39 is 5.54 Å². The smallest absolute Gasteiger partial charge is 0.331 e. The van der Waals surface area contributed by atoms with E-state index in [-0.39, 0.29) is 17.8 Å². The molecule has 1 heterocycles. The van der Waals surface area contributed by atoms with E-state index in [9.17, 15) is 9.59 Å². The molecule has 120 valence electrons. The Morgan fingerprint density at radius 3 is 2.38 bits per heavy atom. The summed E-state index contributed by atoms with van der Waals surface area (Å²) in [6.45, 7) is 5.90. The number of methoxy groups -OCH3 is 1. The standard InChI is InChI=1S/C16H28N2O3/c1-4-12-5-7-16(8-6-12,15(20)21-3)18-14(19)11(2)13-9-17-10-13/h11-13,17H,4-10H2,1-3H3,(H,18,19). The number of carbonyl (C=O) groups is 2. The van der Waals surface area contributed by atoms with Gasteiger partial charge in [-0.15, -0.1) is 0 Å². The van der Waals surface area contributed by atoms with Crippen molar-refractivity contribution in [3.8, 4) is 0 Å². The molecule has 2 N–H and O–H groups in total. The lowest BCUT2D eigenvalue weighted by Crippen LogP contribution is -2.60. The van der Waals surface area contributed by atoms with Crippen molar-refractivity contribution in [2.45, 2.75) is 51.5 Å². The summed E-state index contributed by atoms with van der Waals surface area (Å²) in [7, 11) is 1.40. The summed E-state index contributed by atoms with van der Waals surface area (Å²) < 4.78 is 4.98. The highest BCUT2D eigenvalue weighted by Gasteiger charge is 2.45. The Labute approximate surface area is 127 Å². The van der Waals surface area contributed by atoms with Gasteiger partial charge in [0.25, 0.3) is 0 Å². The molecule has 0 bridgehead atoms. The van der Waals surface area contributed by atoms with Gasteiger partial charge < -0.3 is 15.4 Å². The fraction of sp³-hybridized carbons (Fsp3) is 0.875. The van der Waals surface area contributed by atoms with E-state index in [1.54, 1.807) is 0 Å². The lowest BCUT2D eigenvalue weighted by atomic mass is 9.75. The Morgan fingerprint density at radius 2 is 1.95 bits per heavy atom. The molecule has 2 rings (SSSR count). The first-order valence-electron chi connectivity index (χ1n) is 8.13. The first-order valence-corrected chi connectivity index (χ1v) is 8.13. The van der Waals surface area contributed by atoms with Crippen molar-refractivity contribution in [2.24, 2.45) is 17.8 Å². The second-order valence-electron chi connectivity index (χ2n) is 6.62. The molecule has 21 heavy (non-hydrogen) atoms. The Hall–Kier alpha value is -1.10. The van der Waals surface area contributed by atoms with Crippen LogP contribution in [0.3, 0.4) is 0 Å². The lowest BCUT2D eigenvalue weighted by Gasteiger charge is -2.40. The number of hydrogen-bond acceptors (Lipinski definition) is 4. The van der Waals surface area contributed by atoms with Crippen molar-refractivity contribution < 1.29 is 14.3 Å². The fourth-order valence-electron chi connectivity index (χ4n) is 3.38. The second kappa shape index (κ2) is 6.77. The van der Waals surface area contributed by atoms with Gasteiger partial charge in [-0.3, -0.25) is 4.79 Å². The number of hydrogen-bond donors (Lipinski definition) is 2. The lowest BCUT2D eigenvalue weighted by molar-refractivity contribution is -0.154. The molecule has 0 aromatic heterocycles. The van der Waals surface area contributed by atoms with Crippen LogP contribution < -0.4 is 10.6 Å². The van der Waals surface area contributed by atoms with E-state index in [0.717, 1.165) is 32.4 Å². The molecule has 0 aromatic carbocycles. The molecule has 1 saturated heterocycles. The zero-order valence-electron chi connectivity index (χ0n) is 13.4. The second-order valence-corrected chi connectivity index (χ2v) is 6.62. The highest BCUT2D eigenvalue weighted by molar-refractivity contribution is 5.89. The molecule has 2 fully saturated rings. The molecule has 1 atom stereocenters. The zero-order valence-corrected chi connectivity index (χ0v) is 13.4. The van der Waals surface area contributed by atoms with E-state index >= 15 is 0 Å². The van der Waals surface area contributed by atoms with Gasteiger partial charge >= 0.3 is 5.97 Å². The minimum absolute atomic E-state index is 0.0122. The maximum absolute atomic E-state index is 12.5. The number of rotatable bonds is 5. The van der Waals surface area contributed by atoms with Crippen LogP contribution in [0, 0.1) is 17.8 Å². The van der Waals surface area contributed by atoms with Crippen LogP contribution in [0.1, 0.15) is 46.0 Å². The van der Waals surface area contributed by atoms with Gasteiger partial charge in [0.2, 0.25) is 5.91 Å². The number of amides is 1. The third kappa shape index (κ3) is 3.39. The first kappa shape index (κ1) is 16.3. The van der Waals surface area contributed by atoms with Crippen LogP contribution in [-0.2, 0) is 14.3 Å². The molecule has 0 aromatic rings. The van der Waals surface area contributed by atoms with E-state index in [0.29, 0.717) is 24.7 Å². The van der Waals surface area contributed by atoms with E-state index in [1.165, 1.54) is 7.11 Å². The molecule has 5 heteroatoms. The van der Waals surface area contributed by atoms with Gasteiger partial charge in [-0.25, -0.2) is 4.79 Å². The van der Waals surface area contributed by atoms with Gasteiger partial charge in [0.05, 0.1) is 7.11 Å². The molecule has 1 saturated carbocycles. The minimum Gasteiger partial charge on any atom is -0.467 e. The van der Waals surface area contributed by atoms with Crippen LogP contribution in [0.2, 0.25) is 0 Å². The fourth-order valence-corrected chi connectivity index (χ4v) is 3.38. The molecule has 1 aliphatic heterocycles. The van der Waals surface area contributed by atoms with Gasteiger partial charge in [-0.1, -0.05) is 20.3 Å². The Balaban J connectivity index is 2.02. The molecular formula is C16H28N2O3. The number of nitrogens with one attached hydrogen (secondary N) is 2. The van der Waals surface area contributed by atoms with Crippen molar-refractivity contribution in [3.05, 3.63) is 0 Å². The van der Waals surface area contributed by atoms with Crippen molar-refractivity contribution >= 4 is 11.9 Å². The van der Waals surface area contributed by atoms with Gasteiger partial charge in [0, 0.05) is 5.92 Å². The molecule has 1 aliphatic carbocycles. The van der Waals surface area contributed by atoms with E-state index in [1.807, 2.05) is 6.92 Å². The van der Waals surface area contributed by atoms with Crippen LogP contribution in [0.25, 0.3) is 0 Å². The molecule has 2 aliphatic rings. The maximum Gasteiger partial charge on any atom is 0.331 e. The van der Waals surface area contributed by atoms with Crippen molar-refractivity contribution in [2.75, 3.05) is 20.2 Å². The monoisotopic (exact) mass is 296 g/mol. The van der Waals surface area contributed by atoms with Crippen LogP contribution in [0.4, 0.5) is 0 Å². The third-order valence-corrected chi connectivity index (χ3v) is 5.41. The summed E-state index contributed by atoms with van der Waals surface area (Å²) in [5.74, 6) is 0.683. The average Bonchev–Trinajstić information content (AvgIpc) is 2.45.